The van der Waals surface area contributed by atoms with Crippen LogP contribution in [-0.4, -0.2) is 11.4 Å². The van der Waals surface area contributed by atoms with Crippen LogP contribution in [0, 0.1) is 16.2 Å². The molecule has 1 saturated carbocycles. The smallest absolute Gasteiger partial charge is 0.227 e. The zero-order valence-electron chi connectivity index (χ0n) is 14.4. The van der Waals surface area contributed by atoms with Gasteiger partial charge in [0.2, 0.25) is 5.91 Å². The van der Waals surface area contributed by atoms with Crippen molar-refractivity contribution in [1.82, 2.24) is 5.32 Å². The van der Waals surface area contributed by atoms with Crippen LogP contribution in [0.3, 0.4) is 0 Å². The maximum atomic E-state index is 13.0. The van der Waals surface area contributed by atoms with Gasteiger partial charge in [-0.25, -0.2) is 0 Å². The van der Waals surface area contributed by atoms with E-state index >= 15 is 0 Å². The topological polar surface area (TPSA) is 29.1 Å². The van der Waals surface area contributed by atoms with Crippen LogP contribution < -0.4 is 5.32 Å². The lowest BCUT2D eigenvalue weighted by Gasteiger charge is -2.45. The first kappa shape index (κ1) is 15.9. The zero-order chi connectivity index (χ0) is 15.2. The standard InChI is InChI=1S/C18H33NO/c1-15(2,3)12-18(16(4,5)6)13-17(19-14(18)20)10-8-7-9-11-17/h7-13H2,1-6H3,(H,19,20). The Kier molecular flexibility index (Phi) is 3.76. The predicted octanol–water partition coefficient (Wildman–Crippen LogP) is 4.68. The lowest BCUT2D eigenvalue weighted by atomic mass is 9.57. The van der Waals surface area contributed by atoms with Gasteiger partial charge in [0, 0.05) is 5.54 Å². The first-order valence-electron chi connectivity index (χ1n) is 8.33. The van der Waals surface area contributed by atoms with Crippen molar-refractivity contribution < 1.29 is 4.79 Å². The predicted molar refractivity (Wildman–Crippen MR) is 84.5 cm³/mol. The van der Waals surface area contributed by atoms with E-state index in [1.54, 1.807) is 0 Å². The minimum Gasteiger partial charge on any atom is -0.350 e. The molecule has 1 unspecified atom stereocenters. The Bertz CT molecular complexity index is 379. The van der Waals surface area contributed by atoms with Crippen molar-refractivity contribution in [2.75, 3.05) is 0 Å². The number of nitrogens with one attached hydrogen (secondary N) is 1. The minimum absolute atomic E-state index is 0.0192. The summed E-state index contributed by atoms with van der Waals surface area (Å²) >= 11 is 0. The molecule has 1 heterocycles. The fourth-order valence-electron chi connectivity index (χ4n) is 4.51. The summed E-state index contributed by atoms with van der Waals surface area (Å²) in [4.78, 5) is 13.0. The van der Waals surface area contributed by atoms with Crippen LogP contribution in [0.25, 0.3) is 0 Å². The molecule has 2 nitrogen and oxygen atoms in total. The van der Waals surface area contributed by atoms with Crippen molar-refractivity contribution in [2.24, 2.45) is 16.2 Å². The van der Waals surface area contributed by atoms with E-state index in [1.807, 2.05) is 0 Å². The fraction of sp³-hybridized carbons (Fsp3) is 0.944. The molecule has 0 aromatic heterocycles. The monoisotopic (exact) mass is 279 g/mol. The Morgan fingerprint density at radius 2 is 1.55 bits per heavy atom. The van der Waals surface area contributed by atoms with Crippen molar-refractivity contribution in [3.05, 3.63) is 0 Å². The van der Waals surface area contributed by atoms with Gasteiger partial charge in [0.1, 0.15) is 0 Å². The molecule has 0 bridgehead atoms. The number of carbonyl (C=O) groups is 1. The third-order valence-electron chi connectivity index (χ3n) is 5.53. The first-order chi connectivity index (χ1) is 9.00. The van der Waals surface area contributed by atoms with E-state index in [0.29, 0.717) is 5.91 Å². The molecular formula is C18H33NO. The number of amides is 1. The van der Waals surface area contributed by atoms with Gasteiger partial charge in [-0.3, -0.25) is 4.79 Å². The van der Waals surface area contributed by atoms with Crippen LogP contribution >= 0.6 is 0 Å². The summed E-state index contributed by atoms with van der Waals surface area (Å²) in [5.74, 6) is 0.321. The Labute approximate surface area is 125 Å². The van der Waals surface area contributed by atoms with Crippen molar-refractivity contribution in [3.63, 3.8) is 0 Å². The SMILES string of the molecule is CC(C)(C)CC1(C(C)(C)C)CC2(CCCCC2)NC1=O. The maximum absolute atomic E-state index is 13.0. The molecule has 1 saturated heterocycles. The van der Waals surface area contributed by atoms with Crippen LogP contribution in [0.15, 0.2) is 0 Å². The largest absolute Gasteiger partial charge is 0.350 e. The van der Waals surface area contributed by atoms with E-state index in [1.165, 1.54) is 32.1 Å². The number of rotatable bonds is 1. The molecule has 116 valence electrons. The van der Waals surface area contributed by atoms with Crippen molar-refractivity contribution in [2.45, 2.75) is 92.0 Å². The molecule has 1 aliphatic heterocycles. The molecule has 0 aromatic carbocycles. The van der Waals surface area contributed by atoms with Crippen LogP contribution in [-0.2, 0) is 4.79 Å². The Morgan fingerprint density at radius 3 is 2.00 bits per heavy atom. The quantitative estimate of drug-likeness (QED) is 0.742. The molecule has 2 heteroatoms. The average Bonchev–Trinajstić information content (AvgIpc) is 2.50. The van der Waals surface area contributed by atoms with Crippen molar-refractivity contribution in [3.8, 4) is 0 Å². The van der Waals surface area contributed by atoms with Gasteiger partial charge in [-0.1, -0.05) is 60.8 Å². The molecule has 1 N–H and O–H groups in total. The van der Waals surface area contributed by atoms with Gasteiger partial charge in [0.05, 0.1) is 5.41 Å². The minimum atomic E-state index is -0.206. The summed E-state index contributed by atoms with van der Waals surface area (Å²) in [5, 5.41) is 3.45. The van der Waals surface area contributed by atoms with Crippen LogP contribution in [0.2, 0.25) is 0 Å². The fourth-order valence-corrected chi connectivity index (χ4v) is 4.51. The second-order valence-electron chi connectivity index (χ2n) is 9.54. The number of hydrogen-bond acceptors (Lipinski definition) is 1. The van der Waals surface area contributed by atoms with Crippen LogP contribution in [0.4, 0.5) is 0 Å². The van der Waals surface area contributed by atoms with Crippen molar-refractivity contribution >= 4 is 5.91 Å². The lowest BCUT2D eigenvalue weighted by molar-refractivity contribution is -0.135. The third-order valence-corrected chi connectivity index (χ3v) is 5.53. The van der Waals surface area contributed by atoms with Crippen LogP contribution in [0.5, 0.6) is 0 Å². The van der Waals surface area contributed by atoms with E-state index < -0.39 is 0 Å². The number of carbonyl (C=O) groups excluding carboxylic acids is 1. The second-order valence-corrected chi connectivity index (χ2v) is 9.54. The Balaban J connectivity index is 2.35. The highest BCUT2D eigenvalue weighted by Crippen LogP contribution is 2.57. The van der Waals surface area contributed by atoms with E-state index in [4.69, 9.17) is 0 Å². The molecule has 2 rings (SSSR count). The molecule has 0 aromatic rings. The first-order valence-corrected chi connectivity index (χ1v) is 8.33. The second kappa shape index (κ2) is 4.74. The highest BCUT2D eigenvalue weighted by molar-refractivity contribution is 5.87. The lowest BCUT2D eigenvalue weighted by Crippen LogP contribution is -2.45. The average molecular weight is 279 g/mol. The van der Waals surface area contributed by atoms with E-state index in [-0.39, 0.29) is 21.8 Å². The van der Waals surface area contributed by atoms with Gasteiger partial charge in [-0.15, -0.1) is 0 Å². The zero-order valence-corrected chi connectivity index (χ0v) is 14.4. The summed E-state index contributed by atoms with van der Waals surface area (Å²) in [6.45, 7) is 13.5. The van der Waals surface area contributed by atoms with E-state index in [9.17, 15) is 4.79 Å². The summed E-state index contributed by atoms with van der Waals surface area (Å²) in [6.07, 6.45) is 8.27. The van der Waals surface area contributed by atoms with Crippen molar-refractivity contribution in [1.29, 1.82) is 0 Å². The van der Waals surface area contributed by atoms with Gasteiger partial charge in [-0.2, -0.15) is 0 Å². The molecule has 2 aliphatic rings. The van der Waals surface area contributed by atoms with E-state index in [2.05, 4.69) is 46.9 Å². The molecular weight excluding hydrogens is 246 g/mol. The number of hydrogen-bond donors (Lipinski definition) is 1. The molecule has 1 spiro atoms. The normalized spacial score (nSPS) is 30.6. The molecule has 20 heavy (non-hydrogen) atoms. The highest BCUT2D eigenvalue weighted by Gasteiger charge is 2.60. The molecule has 1 atom stereocenters. The summed E-state index contributed by atoms with van der Waals surface area (Å²) in [7, 11) is 0. The van der Waals surface area contributed by atoms with E-state index in [0.717, 1.165) is 12.8 Å². The Morgan fingerprint density at radius 1 is 1.00 bits per heavy atom. The summed E-state index contributed by atoms with van der Waals surface area (Å²) in [5.41, 5.74) is 0.104. The van der Waals surface area contributed by atoms with Gasteiger partial charge >= 0.3 is 0 Å². The molecule has 1 amide bonds. The van der Waals surface area contributed by atoms with Gasteiger partial charge < -0.3 is 5.32 Å². The molecule has 2 fully saturated rings. The van der Waals surface area contributed by atoms with Crippen LogP contribution in [0.1, 0.15) is 86.5 Å². The van der Waals surface area contributed by atoms with Gasteiger partial charge in [0.15, 0.2) is 0 Å². The highest BCUT2D eigenvalue weighted by atomic mass is 16.2. The van der Waals surface area contributed by atoms with Gasteiger partial charge in [0.25, 0.3) is 0 Å². The summed E-state index contributed by atoms with van der Waals surface area (Å²) < 4.78 is 0. The third kappa shape index (κ3) is 2.76. The molecule has 1 aliphatic carbocycles. The molecule has 0 radical (unpaired) electrons. The Hall–Kier alpha value is -0.530. The maximum Gasteiger partial charge on any atom is 0.227 e. The summed E-state index contributed by atoms with van der Waals surface area (Å²) in [6, 6.07) is 0. The van der Waals surface area contributed by atoms with Gasteiger partial charge in [-0.05, 0) is 36.5 Å².